The van der Waals surface area contributed by atoms with Crippen LogP contribution in [0, 0.1) is 0 Å². The number of hydrogen-bond donors (Lipinski definition) is 2. The minimum absolute atomic E-state index is 0. The third kappa shape index (κ3) is 11.0. The number of hydrogen-bond acceptors (Lipinski definition) is 3. The predicted molar refractivity (Wildman–Crippen MR) is 123 cm³/mol. The van der Waals surface area contributed by atoms with Crippen molar-refractivity contribution in [1.82, 2.24) is 15.5 Å². The highest BCUT2D eigenvalue weighted by molar-refractivity contribution is 14.0. The molecule has 27 heavy (non-hydrogen) atoms. The molecule has 0 radical (unpaired) electrons. The van der Waals surface area contributed by atoms with E-state index in [1.165, 1.54) is 0 Å². The van der Waals surface area contributed by atoms with E-state index in [1.807, 2.05) is 70.0 Å². The Balaban J connectivity index is 0.00000676. The first-order valence-electron chi connectivity index (χ1n) is 9.27. The zero-order chi connectivity index (χ0) is 19.6. The Labute approximate surface area is 181 Å². The monoisotopic (exact) mass is 490 g/mol. The summed E-state index contributed by atoms with van der Waals surface area (Å²) in [5.74, 6) is 1.52. The quantitative estimate of drug-likeness (QED) is 0.334. The minimum Gasteiger partial charge on any atom is -0.489 e. The van der Waals surface area contributed by atoms with E-state index in [4.69, 9.17) is 4.74 Å². The van der Waals surface area contributed by atoms with Crippen molar-refractivity contribution in [3.8, 4) is 5.75 Å². The third-order valence-corrected chi connectivity index (χ3v) is 3.54. The Bertz CT molecular complexity index is 573. The van der Waals surface area contributed by atoms with Gasteiger partial charge in [0.25, 0.3) is 0 Å². The lowest BCUT2D eigenvalue weighted by molar-refractivity contribution is -0.122. The maximum atomic E-state index is 12.2. The summed E-state index contributed by atoms with van der Waals surface area (Å²) in [7, 11) is 1.86. The second-order valence-corrected chi connectivity index (χ2v) is 7.31. The van der Waals surface area contributed by atoms with Crippen LogP contribution < -0.4 is 15.4 Å². The van der Waals surface area contributed by atoms with Gasteiger partial charge in [-0.1, -0.05) is 25.1 Å². The van der Waals surface area contributed by atoms with Crippen LogP contribution in [-0.4, -0.2) is 55.1 Å². The third-order valence-electron chi connectivity index (χ3n) is 3.54. The van der Waals surface area contributed by atoms with Gasteiger partial charge in [0.2, 0.25) is 5.91 Å². The predicted octanol–water partition coefficient (Wildman–Crippen LogP) is 3.27. The van der Waals surface area contributed by atoms with Crippen molar-refractivity contribution in [2.24, 2.45) is 4.99 Å². The van der Waals surface area contributed by atoms with Gasteiger partial charge in [-0.25, -0.2) is 4.99 Å². The van der Waals surface area contributed by atoms with Gasteiger partial charge < -0.3 is 20.3 Å². The van der Waals surface area contributed by atoms with Crippen LogP contribution in [0.1, 0.15) is 41.0 Å². The van der Waals surface area contributed by atoms with Crippen molar-refractivity contribution in [1.29, 1.82) is 0 Å². The lowest BCUT2D eigenvalue weighted by atomic mass is 10.1. The van der Waals surface area contributed by atoms with Gasteiger partial charge in [0.05, 0.1) is 13.1 Å². The largest absolute Gasteiger partial charge is 0.489 e. The van der Waals surface area contributed by atoms with Crippen LogP contribution in [0.5, 0.6) is 5.75 Å². The van der Waals surface area contributed by atoms with Gasteiger partial charge in [-0.15, -0.1) is 24.0 Å². The number of rotatable bonds is 8. The number of amides is 1. The summed E-state index contributed by atoms with van der Waals surface area (Å²) >= 11 is 0. The summed E-state index contributed by atoms with van der Waals surface area (Å²) in [6.07, 6.45) is 0.842. The molecular formula is C20H35IN4O2. The number of para-hydroxylation sites is 1. The number of carbonyl (C=O) groups is 1. The number of carbonyl (C=O) groups excluding carboxylic acids is 1. The summed E-state index contributed by atoms with van der Waals surface area (Å²) in [6.45, 7) is 11.5. The maximum absolute atomic E-state index is 12.2. The van der Waals surface area contributed by atoms with E-state index in [0.29, 0.717) is 12.5 Å². The number of halogens is 1. The second kappa shape index (κ2) is 12.8. The molecule has 0 fully saturated rings. The lowest BCUT2D eigenvalue weighted by Gasteiger charge is -2.26. The fourth-order valence-electron chi connectivity index (χ4n) is 2.35. The zero-order valence-electron chi connectivity index (χ0n) is 17.4. The summed E-state index contributed by atoms with van der Waals surface area (Å²) in [5.41, 5.74) is -0.246. The van der Waals surface area contributed by atoms with E-state index in [0.717, 1.165) is 18.7 Å². The van der Waals surface area contributed by atoms with Crippen LogP contribution in [0.15, 0.2) is 35.3 Å². The first kappa shape index (κ1) is 25.5. The number of guanidine groups is 1. The van der Waals surface area contributed by atoms with Crippen LogP contribution in [0.25, 0.3) is 0 Å². The summed E-state index contributed by atoms with van der Waals surface area (Å²) in [5, 5.41) is 6.20. The molecule has 0 aliphatic rings. The van der Waals surface area contributed by atoms with Crippen molar-refractivity contribution in [2.45, 2.75) is 52.7 Å². The lowest BCUT2D eigenvalue weighted by Crippen LogP contribution is -2.49. The highest BCUT2D eigenvalue weighted by atomic mass is 127. The topological polar surface area (TPSA) is 66.0 Å². The number of nitrogens with zero attached hydrogens (tertiary/aromatic N) is 2. The van der Waals surface area contributed by atoms with Crippen molar-refractivity contribution >= 4 is 35.8 Å². The van der Waals surface area contributed by atoms with E-state index in [1.54, 1.807) is 0 Å². The number of benzene rings is 1. The normalized spacial score (nSPS) is 12.6. The Hall–Kier alpha value is -1.51. The van der Waals surface area contributed by atoms with Crippen LogP contribution in [0.3, 0.4) is 0 Å². The van der Waals surface area contributed by atoms with Crippen molar-refractivity contribution < 1.29 is 9.53 Å². The molecule has 0 heterocycles. The van der Waals surface area contributed by atoms with Crippen LogP contribution in [-0.2, 0) is 4.79 Å². The Morgan fingerprint density at radius 3 is 2.37 bits per heavy atom. The first-order chi connectivity index (χ1) is 12.2. The average molecular weight is 490 g/mol. The van der Waals surface area contributed by atoms with Gasteiger partial charge in [-0.2, -0.15) is 0 Å². The number of ether oxygens (including phenoxy) is 1. The van der Waals surface area contributed by atoms with E-state index >= 15 is 0 Å². The van der Waals surface area contributed by atoms with Gasteiger partial charge in [0.1, 0.15) is 11.9 Å². The fraction of sp³-hybridized carbons (Fsp3) is 0.600. The molecule has 0 aliphatic heterocycles. The highest BCUT2D eigenvalue weighted by Gasteiger charge is 2.17. The highest BCUT2D eigenvalue weighted by Crippen LogP contribution is 2.12. The molecule has 1 rings (SSSR count). The minimum atomic E-state index is -0.246. The average Bonchev–Trinajstić information content (AvgIpc) is 2.56. The molecule has 1 unspecified atom stereocenters. The van der Waals surface area contributed by atoms with Gasteiger partial charge >= 0.3 is 0 Å². The molecule has 0 saturated heterocycles. The molecule has 1 atom stereocenters. The number of likely N-dealkylation sites (N-methyl/N-ethyl adjacent to an activating group) is 1. The molecule has 0 spiro atoms. The van der Waals surface area contributed by atoms with Crippen molar-refractivity contribution in [3.63, 3.8) is 0 Å². The summed E-state index contributed by atoms with van der Waals surface area (Å²) < 4.78 is 5.99. The van der Waals surface area contributed by atoms with Gasteiger partial charge in [0.15, 0.2) is 5.96 Å². The first-order valence-corrected chi connectivity index (χ1v) is 9.27. The fourth-order valence-corrected chi connectivity index (χ4v) is 2.35. The molecule has 1 amide bonds. The van der Waals surface area contributed by atoms with Crippen LogP contribution in [0.4, 0.5) is 0 Å². The molecule has 0 bridgehead atoms. The van der Waals surface area contributed by atoms with Crippen LogP contribution >= 0.6 is 24.0 Å². The van der Waals surface area contributed by atoms with Crippen molar-refractivity contribution in [3.05, 3.63) is 30.3 Å². The Morgan fingerprint density at radius 1 is 1.22 bits per heavy atom. The smallest absolute Gasteiger partial charge is 0.240 e. The van der Waals surface area contributed by atoms with E-state index in [-0.39, 0.29) is 48.1 Å². The molecule has 0 aliphatic carbocycles. The van der Waals surface area contributed by atoms with Gasteiger partial charge in [0, 0.05) is 19.1 Å². The van der Waals surface area contributed by atoms with Gasteiger partial charge in [-0.3, -0.25) is 4.79 Å². The second-order valence-electron chi connectivity index (χ2n) is 7.31. The van der Waals surface area contributed by atoms with E-state index in [9.17, 15) is 4.79 Å². The molecule has 7 heteroatoms. The molecule has 0 aromatic heterocycles. The number of aliphatic imine (C=N–C) groups is 1. The summed E-state index contributed by atoms with van der Waals surface area (Å²) in [6, 6.07) is 9.77. The maximum Gasteiger partial charge on any atom is 0.240 e. The molecular weight excluding hydrogens is 455 g/mol. The van der Waals surface area contributed by atoms with E-state index in [2.05, 4.69) is 22.5 Å². The molecule has 6 nitrogen and oxygen atoms in total. The van der Waals surface area contributed by atoms with E-state index < -0.39 is 0 Å². The zero-order valence-corrected chi connectivity index (χ0v) is 19.7. The molecule has 1 aromatic carbocycles. The molecule has 0 saturated carbocycles. The standard InChI is InChI=1S/C20H34N4O2.HI/c1-7-16(26-17-12-10-9-11-13-17)14-22-19(21-8-2)24(6)15-18(25)23-20(3,4)5;/h9-13,16H,7-8,14-15H2,1-6H3,(H,21,22)(H,23,25);1H. The van der Waals surface area contributed by atoms with Crippen LogP contribution in [0.2, 0.25) is 0 Å². The Morgan fingerprint density at radius 2 is 1.85 bits per heavy atom. The molecule has 154 valence electrons. The van der Waals surface area contributed by atoms with Gasteiger partial charge in [-0.05, 0) is 46.2 Å². The Kier molecular flexibility index (Phi) is 12.1. The molecule has 1 aromatic rings. The SMILES string of the molecule is CCNC(=NCC(CC)Oc1ccccc1)N(C)CC(=O)NC(C)(C)C.I. The number of nitrogens with one attached hydrogen (secondary N) is 2. The summed E-state index contributed by atoms with van der Waals surface area (Å²) in [4.78, 5) is 18.6. The van der Waals surface area contributed by atoms with Crippen molar-refractivity contribution in [2.75, 3.05) is 26.7 Å². The molecule has 2 N–H and O–H groups in total.